The van der Waals surface area contributed by atoms with Gasteiger partial charge >= 0.3 is 0 Å². The molecule has 0 aromatic carbocycles. The molecule has 1 aliphatic heterocycles. The standard InChI is InChI=1S/C14H21N3O2/c1-11-12(19-10-16-11)13(18)17-8-7-15-9-14(17)5-3-2-4-6-14/h10,15H,2-9H2,1H3. The zero-order valence-corrected chi connectivity index (χ0v) is 11.4. The molecule has 0 unspecified atom stereocenters. The molecule has 0 radical (unpaired) electrons. The van der Waals surface area contributed by atoms with Gasteiger partial charge in [-0.2, -0.15) is 0 Å². The van der Waals surface area contributed by atoms with Crippen molar-refractivity contribution in [1.29, 1.82) is 0 Å². The molecule has 1 N–H and O–H groups in total. The van der Waals surface area contributed by atoms with Crippen molar-refractivity contribution in [3.05, 3.63) is 17.8 Å². The van der Waals surface area contributed by atoms with Gasteiger partial charge < -0.3 is 14.6 Å². The highest BCUT2D eigenvalue weighted by molar-refractivity contribution is 5.93. The molecule has 1 saturated carbocycles. The lowest BCUT2D eigenvalue weighted by atomic mass is 9.79. The maximum Gasteiger partial charge on any atom is 0.292 e. The summed E-state index contributed by atoms with van der Waals surface area (Å²) in [7, 11) is 0. The molecule has 2 fully saturated rings. The van der Waals surface area contributed by atoms with Gasteiger partial charge in [-0.25, -0.2) is 4.98 Å². The first-order valence-electron chi connectivity index (χ1n) is 7.16. The van der Waals surface area contributed by atoms with E-state index in [0.29, 0.717) is 11.5 Å². The third kappa shape index (κ3) is 2.16. The number of nitrogens with zero attached hydrogens (tertiary/aromatic N) is 2. The lowest BCUT2D eigenvalue weighted by Gasteiger charge is -2.49. The first-order valence-corrected chi connectivity index (χ1v) is 7.16. The van der Waals surface area contributed by atoms with Gasteiger partial charge in [0.05, 0.1) is 11.2 Å². The Morgan fingerprint density at radius 3 is 2.89 bits per heavy atom. The predicted molar refractivity (Wildman–Crippen MR) is 71.0 cm³/mol. The summed E-state index contributed by atoms with van der Waals surface area (Å²) in [6.07, 6.45) is 7.25. The largest absolute Gasteiger partial charge is 0.438 e. The molecule has 1 saturated heterocycles. The zero-order valence-electron chi connectivity index (χ0n) is 11.4. The maximum absolute atomic E-state index is 12.7. The second-order valence-electron chi connectivity index (χ2n) is 5.69. The van der Waals surface area contributed by atoms with Crippen molar-refractivity contribution < 1.29 is 9.21 Å². The lowest BCUT2D eigenvalue weighted by Crippen LogP contribution is -2.63. The van der Waals surface area contributed by atoms with E-state index in [-0.39, 0.29) is 11.4 Å². The van der Waals surface area contributed by atoms with Gasteiger partial charge in [-0.1, -0.05) is 19.3 Å². The molecule has 2 aliphatic rings. The van der Waals surface area contributed by atoms with E-state index in [1.165, 1.54) is 25.7 Å². The van der Waals surface area contributed by atoms with Gasteiger partial charge in [0, 0.05) is 19.6 Å². The number of rotatable bonds is 1. The smallest absolute Gasteiger partial charge is 0.292 e. The van der Waals surface area contributed by atoms with Gasteiger partial charge in [0.25, 0.3) is 5.91 Å². The number of carbonyl (C=O) groups is 1. The number of aryl methyl sites for hydroxylation is 1. The summed E-state index contributed by atoms with van der Waals surface area (Å²) in [5.74, 6) is 0.422. The van der Waals surface area contributed by atoms with E-state index in [0.717, 1.165) is 32.5 Å². The summed E-state index contributed by atoms with van der Waals surface area (Å²) in [4.78, 5) is 18.8. The predicted octanol–water partition coefficient (Wildman–Crippen LogP) is 1.73. The van der Waals surface area contributed by atoms with Crippen molar-refractivity contribution >= 4 is 5.91 Å². The van der Waals surface area contributed by atoms with Crippen molar-refractivity contribution in [2.24, 2.45) is 0 Å². The number of piperazine rings is 1. The average molecular weight is 263 g/mol. The third-order valence-electron chi connectivity index (χ3n) is 4.51. The minimum Gasteiger partial charge on any atom is -0.438 e. The summed E-state index contributed by atoms with van der Waals surface area (Å²) in [5, 5.41) is 3.45. The van der Waals surface area contributed by atoms with Crippen LogP contribution in [0.1, 0.15) is 48.4 Å². The van der Waals surface area contributed by atoms with Crippen LogP contribution in [0.2, 0.25) is 0 Å². The average Bonchev–Trinajstić information content (AvgIpc) is 2.86. The fourth-order valence-electron chi connectivity index (χ4n) is 3.45. The van der Waals surface area contributed by atoms with Crippen LogP contribution in [0, 0.1) is 6.92 Å². The van der Waals surface area contributed by atoms with E-state index in [1.807, 2.05) is 11.8 Å². The third-order valence-corrected chi connectivity index (χ3v) is 4.51. The highest BCUT2D eigenvalue weighted by Crippen LogP contribution is 2.35. The zero-order chi connectivity index (χ0) is 13.3. The Hall–Kier alpha value is -1.36. The highest BCUT2D eigenvalue weighted by Gasteiger charge is 2.43. The van der Waals surface area contributed by atoms with Crippen molar-refractivity contribution in [3.8, 4) is 0 Å². The molecule has 0 bridgehead atoms. The van der Waals surface area contributed by atoms with Crippen molar-refractivity contribution in [2.75, 3.05) is 19.6 Å². The number of oxazole rings is 1. The molecule has 3 rings (SSSR count). The Kier molecular flexibility index (Phi) is 3.31. The Labute approximate surface area is 113 Å². The molecule has 2 heterocycles. The van der Waals surface area contributed by atoms with Crippen LogP contribution in [-0.2, 0) is 0 Å². The SMILES string of the molecule is Cc1ncoc1C(=O)N1CCNCC12CCCCC2. The summed E-state index contributed by atoms with van der Waals surface area (Å²) in [6, 6.07) is 0. The first-order chi connectivity index (χ1) is 9.23. The number of carbonyl (C=O) groups excluding carboxylic acids is 1. The Balaban J connectivity index is 1.88. The van der Waals surface area contributed by atoms with Crippen LogP contribution in [0.5, 0.6) is 0 Å². The first kappa shape index (κ1) is 12.7. The van der Waals surface area contributed by atoms with E-state index in [4.69, 9.17) is 4.42 Å². The molecule has 1 aromatic rings. The monoisotopic (exact) mass is 263 g/mol. The fourth-order valence-corrected chi connectivity index (χ4v) is 3.45. The minimum atomic E-state index is -0.00713. The molecule has 0 atom stereocenters. The summed E-state index contributed by atoms with van der Waals surface area (Å²) >= 11 is 0. The van der Waals surface area contributed by atoms with Gasteiger partial charge in [0.1, 0.15) is 0 Å². The normalized spacial score (nSPS) is 22.7. The molecule has 1 amide bonds. The Morgan fingerprint density at radius 2 is 2.21 bits per heavy atom. The molecular weight excluding hydrogens is 242 g/mol. The van der Waals surface area contributed by atoms with Crippen molar-refractivity contribution in [3.63, 3.8) is 0 Å². The molecule has 5 nitrogen and oxygen atoms in total. The molecule has 5 heteroatoms. The van der Waals surface area contributed by atoms with E-state index < -0.39 is 0 Å². The van der Waals surface area contributed by atoms with E-state index in [1.54, 1.807) is 0 Å². The van der Waals surface area contributed by atoms with Crippen LogP contribution in [0.15, 0.2) is 10.8 Å². The molecule has 1 aliphatic carbocycles. The number of hydrogen-bond donors (Lipinski definition) is 1. The van der Waals surface area contributed by atoms with Crippen LogP contribution in [-0.4, -0.2) is 41.0 Å². The van der Waals surface area contributed by atoms with Gasteiger partial charge in [0.2, 0.25) is 5.76 Å². The van der Waals surface area contributed by atoms with Crippen molar-refractivity contribution in [2.45, 2.75) is 44.6 Å². The number of aromatic nitrogens is 1. The molecule has 1 spiro atoms. The molecule has 104 valence electrons. The molecular formula is C14H21N3O2. The van der Waals surface area contributed by atoms with Crippen LogP contribution in [0.25, 0.3) is 0 Å². The molecule has 1 aromatic heterocycles. The van der Waals surface area contributed by atoms with Crippen LogP contribution < -0.4 is 5.32 Å². The van der Waals surface area contributed by atoms with E-state index in [2.05, 4.69) is 10.3 Å². The van der Waals surface area contributed by atoms with Gasteiger partial charge in [-0.3, -0.25) is 4.79 Å². The topological polar surface area (TPSA) is 58.4 Å². The van der Waals surface area contributed by atoms with Crippen molar-refractivity contribution in [1.82, 2.24) is 15.2 Å². The van der Waals surface area contributed by atoms with Crippen LogP contribution in [0.4, 0.5) is 0 Å². The Bertz CT molecular complexity index is 455. The summed E-state index contributed by atoms with van der Waals surface area (Å²) < 4.78 is 5.29. The lowest BCUT2D eigenvalue weighted by molar-refractivity contribution is 0.0195. The second-order valence-corrected chi connectivity index (χ2v) is 5.69. The second kappa shape index (κ2) is 4.96. The number of amides is 1. The molecule has 19 heavy (non-hydrogen) atoms. The summed E-state index contributed by atoms with van der Waals surface area (Å²) in [6.45, 7) is 4.36. The maximum atomic E-state index is 12.7. The number of nitrogens with one attached hydrogen (secondary N) is 1. The van der Waals surface area contributed by atoms with Crippen LogP contribution in [0.3, 0.4) is 0 Å². The van der Waals surface area contributed by atoms with E-state index >= 15 is 0 Å². The fraction of sp³-hybridized carbons (Fsp3) is 0.714. The van der Waals surface area contributed by atoms with Gasteiger partial charge in [-0.15, -0.1) is 0 Å². The summed E-state index contributed by atoms with van der Waals surface area (Å²) in [5.41, 5.74) is 0.682. The van der Waals surface area contributed by atoms with E-state index in [9.17, 15) is 4.79 Å². The number of hydrogen-bond acceptors (Lipinski definition) is 4. The quantitative estimate of drug-likeness (QED) is 0.838. The van der Waals surface area contributed by atoms with Gasteiger partial charge in [0.15, 0.2) is 6.39 Å². The minimum absolute atomic E-state index is 0.00713. The highest BCUT2D eigenvalue weighted by atomic mass is 16.3. The van der Waals surface area contributed by atoms with Crippen LogP contribution >= 0.6 is 0 Å². The van der Waals surface area contributed by atoms with Gasteiger partial charge in [-0.05, 0) is 19.8 Å². The Morgan fingerprint density at radius 1 is 1.42 bits per heavy atom.